The zero-order chi connectivity index (χ0) is 13.2. The van der Waals surface area contributed by atoms with Gasteiger partial charge in [-0.15, -0.1) is 0 Å². The quantitative estimate of drug-likeness (QED) is 0.606. The lowest BCUT2D eigenvalue weighted by molar-refractivity contribution is -0.384. The minimum absolute atomic E-state index is 0.100. The number of hydrogen-bond acceptors (Lipinski definition) is 3. The van der Waals surface area contributed by atoms with Crippen molar-refractivity contribution < 1.29 is 9.66 Å². The fraction of sp³-hybridized carbons (Fsp3) is 0.0667. The first-order valence-corrected chi connectivity index (χ1v) is 5.91. The molecule has 94 valence electrons. The molecule has 0 aromatic heterocycles. The summed E-state index contributed by atoms with van der Waals surface area (Å²) in [6.45, 7) is 0.385. The van der Waals surface area contributed by atoms with Crippen molar-refractivity contribution >= 4 is 17.5 Å². The number of benzene rings is 2. The lowest BCUT2D eigenvalue weighted by Crippen LogP contribution is -1.90. The standard InChI is InChI=1S/C15H11NO3/c17-16(18)13-6-7-14-12(9-13)10-19-15(14)8-11-4-2-1-3-5-11/h1-9H,10H2/b15-8-. The highest BCUT2D eigenvalue weighted by Crippen LogP contribution is 2.33. The molecule has 1 heterocycles. The van der Waals surface area contributed by atoms with Gasteiger partial charge >= 0.3 is 0 Å². The number of fused-ring (bicyclic) bond motifs is 1. The van der Waals surface area contributed by atoms with E-state index in [4.69, 9.17) is 4.74 Å². The molecule has 0 bridgehead atoms. The normalized spacial score (nSPS) is 15.1. The Bertz CT molecular complexity index is 662. The molecule has 3 rings (SSSR count). The molecule has 0 amide bonds. The third-order valence-corrected chi connectivity index (χ3v) is 3.05. The van der Waals surface area contributed by atoms with E-state index in [1.54, 1.807) is 12.1 Å². The van der Waals surface area contributed by atoms with Gasteiger partial charge in [0.1, 0.15) is 12.4 Å². The number of ether oxygens (including phenoxy) is 1. The molecule has 1 aliphatic heterocycles. The minimum atomic E-state index is -0.390. The predicted octanol–water partition coefficient (Wildman–Crippen LogP) is 3.62. The first kappa shape index (κ1) is 11.5. The van der Waals surface area contributed by atoms with E-state index in [-0.39, 0.29) is 10.6 Å². The SMILES string of the molecule is O=[N+]([O-])c1ccc2c(c1)CO/C2=C\c1ccccc1. The molecule has 1 aliphatic rings. The molecule has 0 atom stereocenters. The summed E-state index contributed by atoms with van der Waals surface area (Å²) in [6.07, 6.45) is 1.94. The van der Waals surface area contributed by atoms with Crippen molar-refractivity contribution in [3.05, 3.63) is 75.3 Å². The van der Waals surface area contributed by atoms with E-state index in [1.807, 2.05) is 36.4 Å². The molecule has 0 aliphatic carbocycles. The van der Waals surface area contributed by atoms with Crippen LogP contribution in [0, 0.1) is 10.1 Å². The Morgan fingerprint density at radius 3 is 2.68 bits per heavy atom. The van der Waals surface area contributed by atoms with E-state index in [1.165, 1.54) is 6.07 Å². The van der Waals surface area contributed by atoms with Crippen molar-refractivity contribution in [3.63, 3.8) is 0 Å². The van der Waals surface area contributed by atoms with Crippen LogP contribution in [0.4, 0.5) is 5.69 Å². The third-order valence-electron chi connectivity index (χ3n) is 3.05. The summed E-state index contributed by atoms with van der Waals surface area (Å²) in [6, 6.07) is 14.7. The highest BCUT2D eigenvalue weighted by molar-refractivity contribution is 5.81. The van der Waals surface area contributed by atoms with E-state index in [2.05, 4.69) is 0 Å². The number of non-ortho nitro benzene ring substituents is 1. The van der Waals surface area contributed by atoms with E-state index < -0.39 is 0 Å². The Labute approximate surface area is 110 Å². The van der Waals surface area contributed by atoms with Crippen LogP contribution in [0.2, 0.25) is 0 Å². The maximum atomic E-state index is 10.7. The summed E-state index contributed by atoms with van der Waals surface area (Å²) in [7, 11) is 0. The highest BCUT2D eigenvalue weighted by Gasteiger charge is 2.20. The van der Waals surface area contributed by atoms with Crippen LogP contribution in [0.15, 0.2) is 48.5 Å². The van der Waals surface area contributed by atoms with Gasteiger partial charge in [-0.05, 0) is 17.7 Å². The van der Waals surface area contributed by atoms with Gasteiger partial charge in [-0.25, -0.2) is 0 Å². The van der Waals surface area contributed by atoms with Crippen molar-refractivity contribution in [2.45, 2.75) is 6.61 Å². The van der Waals surface area contributed by atoms with Crippen molar-refractivity contribution in [2.75, 3.05) is 0 Å². The molecule has 0 N–H and O–H groups in total. The summed E-state index contributed by atoms with van der Waals surface area (Å²) in [5.41, 5.74) is 2.93. The predicted molar refractivity (Wildman–Crippen MR) is 72.2 cm³/mol. The molecular weight excluding hydrogens is 242 g/mol. The Kier molecular flexibility index (Phi) is 2.76. The van der Waals surface area contributed by atoms with E-state index >= 15 is 0 Å². The van der Waals surface area contributed by atoms with Gasteiger partial charge in [0.2, 0.25) is 0 Å². The summed E-state index contributed by atoms with van der Waals surface area (Å²) in [5, 5.41) is 10.7. The van der Waals surface area contributed by atoms with Crippen LogP contribution in [-0.4, -0.2) is 4.92 Å². The Morgan fingerprint density at radius 2 is 1.95 bits per heavy atom. The van der Waals surface area contributed by atoms with Crippen LogP contribution in [0.25, 0.3) is 11.8 Å². The zero-order valence-electron chi connectivity index (χ0n) is 10.1. The fourth-order valence-corrected chi connectivity index (χ4v) is 2.11. The summed E-state index contributed by atoms with van der Waals surface area (Å²) in [4.78, 5) is 10.3. The van der Waals surface area contributed by atoms with Gasteiger partial charge in [0.05, 0.1) is 4.92 Å². The molecule has 0 unspecified atom stereocenters. The molecule has 0 spiro atoms. The van der Waals surface area contributed by atoms with E-state index in [0.29, 0.717) is 6.61 Å². The summed E-state index contributed by atoms with van der Waals surface area (Å²) < 4.78 is 5.60. The number of nitrogens with zero attached hydrogens (tertiary/aromatic N) is 1. The van der Waals surface area contributed by atoms with E-state index in [9.17, 15) is 10.1 Å². The van der Waals surface area contributed by atoms with E-state index in [0.717, 1.165) is 22.4 Å². The Hall–Kier alpha value is -2.62. The largest absolute Gasteiger partial charge is 0.488 e. The Balaban J connectivity index is 1.99. The molecule has 4 nitrogen and oxygen atoms in total. The van der Waals surface area contributed by atoms with Crippen LogP contribution in [0.3, 0.4) is 0 Å². The molecular formula is C15H11NO3. The van der Waals surface area contributed by atoms with Crippen molar-refractivity contribution in [2.24, 2.45) is 0 Å². The van der Waals surface area contributed by atoms with Crippen LogP contribution in [-0.2, 0) is 11.3 Å². The Morgan fingerprint density at radius 1 is 1.16 bits per heavy atom. The lowest BCUT2D eigenvalue weighted by Gasteiger charge is -2.00. The number of nitro benzene ring substituents is 1. The molecule has 0 saturated carbocycles. The van der Waals surface area contributed by atoms with Crippen molar-refractivity contribution in [1.82, 2.24) is 0 Å². The lowest BCUT2D eigenvalue weighted by atomic mass is 10.1. The second-order valence-corrected chi connectivity index (χ2v) is 4.31. The van der Waals surface area contributed by atoms with Crippen molar-refractivity contribution in [1.29, 1.82) is 0 Å². The maximum Gasteiger partial charge on any atom is 0.269 e. The second-order valence-electron chi connectivity index (χ2n) is 4.31. The van der Waals surface area contributed by atoms with Gasteiger partial charge in [-0.3, -0.25) is 10.1 Å². The van der Waals surface area contributed by atoms with Gasteiger partial charge in [-0.2, -0.15) is 0 Å². The third kappa shape index (κ3) is 2.20. The topological polar surface area (TPSA) is 52.4 Å². The van der Waals surface area contributed by atoms with Gasteiger partial charge in [0.25, 0.3) is 5.69 Å². The molecule has 0 saturated heterocycles. The molecule has 0 radical (unpaired) electrons. The number of rotatable bonds is 2. The molecule has 19 heavy (non-hydrogen) atoms. The van der Waals surface area contributed by atoms with Crippen molar-refractivity contribution in [3.8, 4) is 0 Å². The van der Waals surface area contributed by atoms with Crippen LogP contribution in [0.5, 0.6) is 0 Å². The first-order valence-electron chi connectivity index (χ1n) is 5.91. The minimum Gasteiger partial charge on any atom is -0.488 e. The molecule has 2 aromatic carbocycles. The monoisotopic (exact) mass is 253 g/mol. The molecule has 4 heteroatoms. The highest BCUT2D eigenvalue weighted by atomic mass is 16.6. The van der Waals surface area contributed by atoms with Gasteiger partial charge in [0.15, 0.2) is 0 Å². The average molecular weight is 253 g/mol. The molecule has 2 aromatic rings. The zero-order valence-corrected chi connectivity index (χ0v) is 10.1. The summed E-state index contributed by atoms with van der Waals surface area (Å²) in [5.74, 6) is 0.760. The van der Waals surface area contributed by atoms with Crippen LogP contribution in [0.1, 0.15) is 16.7 Å². The van der Waals surface area contributed by atoms with Gasteiger partial charge in [-0.1, -0.05) is 30.3 Å². The fourth-order valence-electron chi connectivity index (χ4n) is 2.11. The number of nitro groups is 1. The summed E-state index contributed by atoms with van der Waals surface area (Å²) >= 11 is 0. The van der Waals surface area contributed by atoms with Gasteiger partial charge in [0, 0.05) is 23.3 Å². The first-order chi connectivity index (χ1) is 9.24. The number of hydrogen-bond donors (Lipinski definition) is 0. The smallest absolute Gasteiger partial charge is 0.269 e. The average Bonchev–Trinajstić information content (AvgIpc) is 2.82. The van der Waals surface area contributed by atoms with Gasteiger partial charge < -0.3 is 4.74 Å². The van der Waals surface area contributed by atoms with Crippen LogP contribution < -0.4 is 0 Å². The van der Waals surface area contributed by atoms with Crippen LogP contribution >= 0.6 is 0 Å². The second kappa shape index (κ2) is 4.57. The molecule has 0 fully saturated rings. The maximum absolute atomic E-state index is 10.7.